The van der Waals surface area contributed by atoms with Gasteiger partial charge in [-0.3, -0.25) is 19.7 Å². The van der Waals surface area contributed by atoms with Crippen LogP contribution in [0.5, 0.6) is 0 Å². The summed E-state index contributed by atoms with van der Waals surface area (Å²) in [4.78, 5) is 34.2. The van der Waals surface area contributed by atoms with E-state index in [2.05, 4.69) is 10.6 Å². The monoisotopic (exact) mass is 263 g/mol. The van der Waals surface area contributed by atoms with E-state index < -0.39 is 10.3 Å². The van der Waals surface area contributed by atoms with Gasteiger partial charge in [0.1, 0.15) is 0 Å². The third kappa shape index (κ3) is 1.92. The average molecular weight is 263 g/mol. The molecule has 19 heavy (non-hydrogen) atoms. The van der Waals surface area contributed by atoms with E-state index in [9.17, 15) is 19.7 Å². The summed E-state index contributed by atoms with van der Waals surface area (Å²) < 4.78 is 0. The van der Waals surface area contributed by atoms with Crippen LogP contribution in [0.15, 0.2) is 24.3 Å². The van der Waals surface area contributed by atoms with Crippen molar-refractivity contribution in [2.75, 3.05) is 6.67 Å². The molecule has 0 aliphatic carbocycles. The fraction of sp³-hybridized carbons (Fsp3) is 0.333. The lowest BCUT2D eigenvalue weighted by Crippen LogP contribution is -2.62. The molecule has 100 valence electrons. The zero-order valence-electron chi connectivity index (χ0n) is 10.3. The van der Waals surface area contributed by atoms with Gasteiger partial charge in [-0.15, -0.1) is 0 Å². The van der Waals surface area contributed by atoms with E-state index in [-0.39, 0.29) is 30.6 Å². The van der Waals surface area contributed by atoms with Crippen LogP contribution in [0.1, 0.15) is 18.9 Å². The number of hydrogen-bond acceptors (Lipinski definition) is 4. The maximum atomic E-state index is 12.1. The predicted octanol–water partition coefficient (Wildman–Crippen LogP) is 0.446. The summed E-state index contributed by atoms with van der Waals surface area (Å²) in [5.41, 5.74) is -0.935. The summed E-state index contributed by atoms with van der Waals surface area (Å²) in [6, 6.07) is 5.49. The first-order valence-electron chi connectivity index (χ1n) is 5.84. The van der Waals surface area contributed by atoms with E-state index in [1.165, 1.54) is 24.3 Å². The van der Waals surface area contributed by atoms with Gasteiger partial charge in [0, 0.05) is 12.1 Å². The smallest absolute Gasteiger partial charge is 0.269 e. The van der Waals surface area contributed by atoms with Crippen molar-refractivity contribution in [3.8, 4) is 0 Å². The van der Waals surface area contributed by atoms with Crippen molar-refractivity contribution in [2.24, 2.45) is 0 Å². The third-order valence-electron chi connectivity index (χ3n) is 3.37. The number of nitro benzene ring substituents is 1. The van der Waals surface area contributed by atoms with Gasteiger partial charge < -0.3 is 10.6 Å². The number of benzene rings is 1. The second kappa shape index (κ2) is 4.68. The number of carbonyl (C=O) groups is 2. The molecular formula is C12H13N3O4. The highest BCUT2D eigenvalue weighted by Gasteiger charge is 2.48. The van der Waals surface area contributed by atoms with E-state index in [0.717, 1.165) is 0 Å². The van der Waals surface area contributed by atoms with Crippen molar-refractivity contribution in [3.05, 3.63) is 39.9 Å². The topological polar surface area (TPSA) is 101 Å². The lowest BCUT2D eigenvalue weighted by atomic mass is 9.75. The first-order valence-corrected chi connectivity index (χ1v) is 5.84. The highest BCUT2D eigenvalue weighted by atomic mass is 16.6. The largest absolute Gasteiger partial charge is 0.337 e. The maximum Gasteiger partial charge on any atom is 0.269 e. The van der Waals surface area contributed by atoms with Gasteiger partial charge in [-0.25, -0.2) is 0 Å². The van der Waals surface area contributed by atoms with Gasteiger partial charge in [-0.05, 0) is 12.0 Å². The SMILES string of the molecule is CCC1(c2ccc([N+](=O)[O-])cc2)C(=O)NCNC1=O. The molecule has 7 nitrogen and oxygen atoms in total. The number of rotatable bonds is 3. The first kappa shape index (κ1) is 13.0. The molecule has 1 fully saturated rings. The summed E-state index contributed by atoms with van der Waals surface area (Å²) >= 11 is 0. The van der Waals surface area contributed by atoms with Gasteiger partial charge >= 0.3 is 0 Å². The van der Waals surface area contributed by atoms with Crippen molar-refractivity contribution in [2.45, 2.75) is 18.8 Å². The Morgan fingerprint density at radius 3 is 2.16 bits per heavy atom. The van der Waals surface area contributed by atoms with Crippen LogP contribution in [0.3, 0.4) is 0 Å². The minimum atomic E-state index is -1.31. The van der Waals surface area contributed by atoms with E-state index in [1.807, 2.05) is 0 Å². The number of nitro groups is 1. The van der Waals surface area contributed by atoms with Crippen molar-refractivity contribution in [1.29, 1.82) is 0 Å². The summed E-state index contributed by atoms with van der Waals surface area (Å²) in [6.07, 6.45) is 0.280. The Labute approximate surface area is 109 Å². The second-order valence-corrected chi connectivity index (χ2v) is 4.25. The Kier molecular flexibility index (Phi) is 3.20. The fourth-order valence-electron chi connectivity index (χ4n) is 2.26. The summed E-state index contributed by atoms with van der Waals surface area (Å²) in [6.45, 7) is 1.83. The molecule has 2 rings (SSSR count). The number of carbonyl (C=O) groups excluding carboxylic acids is 2. The molecule has 2 N–H and O–H groups in total. The Morgan fingerprint density at radius 2 is 1.74 bits per heavy atom. The van der Waals surface area contributed by atoms with Gasteiger partial charge in [0.15, 0.2) is 5.41 Å². The number of nitrogens with zero attached hydrogens (tertiary/aromatic N) is 1. The second-order valence-electron chi connectivity index (χ2n) is 4.25. The molecule has 0 atom stereocenters. The number of hydrogen-bond donors (Lipinski definition) is 2. The van der Waals surface area contributed by atoms with E-state index >= 15 is 0 Å². The van der Waals surface area contributed by atoms with E-state index in [0.29, 0.717) is 5.56 Å². The zero-order chi connectivity index (χ0) is 14.0. The van der Waals surface area contributed by atoms with Crippen LogP contribution < -0.4 is 10.6 Å². The summed E-state index contributed by atoms with van der Waals surface area (Å²) in [5.74, 6) is -0.764. The van der Waals surface area contributed by atoms with Crippen LogP contribution in [-0.2, 0) is 15.0 Å². The molecule has 1 saturated heterocycles. The van der Waals surface area contributed by atoms with E-state index in [4.69, 9.17) is 0 Å². The van der Waals surface area contributed by atoms with Crippen molar-refractivity contribution in [3.63, 3.8) is 0 Å². The standard InChI is InChI=1S/C12H13N3O4/c1-2-12(10(16)13-7-14-11(12)17)8-3-5-9(6-4-8)15(18)19/h3-6H,2,7H2,1H3,(H,13,16)(H,14,17). The fourth-order valence-corrected chi connectivity index (χ4v) is 2.26. The van der Waals surface area contributed by atoms with Gasteiger partial charge in [-0.2, -0.15) is 0 Å². The lowest BCUT2D eigenvalue weighted by Gasteiger charge is -2.34. The van der Waals surface area contributed by atoms with Crippen LogP contribution >= 0.6 is 0 Å². The molecule has 7 heteroatoms. The van der Waals surface area contributed by atoms with E-state index in [1.54, 1.807) is 6.92 Å². The molecule has 0 radical (unpaired) electrons. The number of non-ortho nitro benzene ring substituents is 1. The molecule has 1 aliphatic rings. The molecule has 0 spiro atoms. The Morgan fingerprint density at radius 1 is 1.21 bits per heavy atom. The molecule has 1 aromatic rings. The highest BCUT2D eigenvalue weighted by molar-refractivity contribution is 6.12. The number of nitrogens with one attached hydrogen (secondary N) is 2. The van der Waals surface area contributed by atoms with Crippen LogP contribution in [-0.4, -0.2) is 23.4 Å². The lowest BCUT2D eigenvalue weighted by molar-refractivity contribution is -0.384. The van der Waals surface area contributed by atoms with Crippen LogP contribution in [0.4, 0.5) is 5.69 Å². The first-order chi connectivity index (χ1) is 9.02. The molecule has 1 aromatic carbocycles. The van der Waals surface area contributed by atoms with Crippen molar-refractivity contribution >= 4 is 17.5 Å². The number of amides is 2. The molecule has 0 bridgehead atoms. The molecule has 1 heterocycles. The maximum absolute atomic E-state index is 12.1. The Balaban J connectivity index is 2.48. The molecule has 2 amide bonds. The summed E-state index contributed by atoms with van der Waals surface area (Å²) in [7, 11) is 0. The average Bonchev–Trinajstić information content (AvgIpc) is 2.40. The third-order valence-corrected chi connectivity index (χ3v) is 3.37. The minimum Gasteiger partial charge on any atom is -0.337 e. The molecule has 0 unspecified atom stereocenters. The minimum absolute atomic E-state index is 0.0772. The molecule has 0 aromatic heterocycles. The molecular weight excluding hydrogens is 250 g/mol. The van der Waals surface area contributed by atoms with Gasteiger partial charge in [0.05, 0.1) is 11.6 Å². The Bertz CT molecular complexity index is 522. The van der Waals surface area contributed by atoms with Gasteiger partial charge in [0.25, 0.3) is 5.69 Å². The van der Waals surface area contributed by atoms with Crippen LogP contribution in [0.2, 0.25) is 0 Å². The van der Waals surface area contributed by atoms with Crippen LogP contribution in [0, 0.1) is 10.1 Å². The van der Waals surface area contributed by atoms with Crippen molar-refractivity contribution < 1.29 is 14.5 Å². The van der Waals surface area contributed by atoms with Gasteiger partial charge in [0.2, 0.25) is 11.8 Å². The molecule has 1 aliphatic heterocycles. The van der Waals surface area contributed by atoms with Crippen LogP contribution in [0.25, 0.3) is 0 Å². The van der Waals surface area contributed by atoms with Gasteiger partial charge in [-0.1, -0.05) is 19.1 Å². The Hall–Kier alpha value is -2.44. The normalized spacial score (nSPS) is 17.5. The highest BCUT2D eigenvalue weighted by Crippen LogP contribution is 2.31. The van der Waals surface area contributed by atoms with Crippen molar-refractivity contribution in [1.82, 2.24) is 10.6 Å². The summed E-state index contributed by atoms with van der Waals surface area (Å²) in [5, 5.41) is 15.8. The predicted molar refractivity (Wildman–Crippen MR) is 66.2 cm³/mol. The quantitative estimate of drug-likeness (QED) is 0.469. The zero-order valence-corrected chi connectivity index (χ0v) is 10.3. The molecule has 0 saturated carbocycles.